The summed E-state index contributed by atoms with van der Waals surface area (Å²) in [5.74, 6) is 1.03. The molecule has 1 N–H and O–H groups in total. The highest BCUT2D eigenvalue weighted by molar-refractivity contribution is 5.85. The average molecular weight is 490 g/mol. The molecular weight excluding hydrogens is 458 g/mol. The molecule has 0 radical (unpaired) electrons. The molecule has 0 amide bonds. The summed E-state index contributed by atoms with van der Waals surface area (Å²) < 4.78 is 18.6. The van der Waals surface area contributed by atoms with Crippen LogP contribution in [0.15, 0.2) is 54.6 Å². The molecule has 1 heterocycles. The van der Waals surface area contributed by atoms with Crippen LogP contribution < -0.4 is 9.47 Å². The van der Waals surface area contributed by atoms with Crippen molar-refractivity contribution in [2.45, 2.75) is 32.2 Å². The van der Waals surface area contributed by atoms with Crippen molar-refractivity contribution in [1.29, 1.82) is 5.26 Å². The smallest absolute Gasteiger partial charge is 0.329 e. The van der Waals surface area contributed by atoms with E-state index in [0.29, 0.717) is 24.3 Å². The Bertz CT molecular complexity index is 1190. The van der Waals surface area contributed by atoms with E-state index in [1.54, 1.807) is 7.11 Å². The third-order valence-corrected chi connectivity index (χ3v) is 6.58. The number of carboxylic acid groups (broad SMARTS) is 1. The van der Waals surface area contributed by atoms with Gasteiger partial charge in [0, 0.05) is 12.1 Å². The van der Waals surface area contributed by atoms with E-state index in [2.05, 4.69) is 18.2 Å². The molecule has 4 rings (SSSR count). The largest absolute Gasteiger partial charge is 0.497 e. The molecule has 188 valence electrons. The van der Waals surface area contributed by atoms with E-state index in [-0.39, 0.29) is 13.2 Å². The van der Waals surface area contributed by atoms with E-state index in [1.807, 2.05) is 47.1 Å². The normalized spacial score (nSPS) is 17.3. The number of methoxy groups -OCH3 is 1. The maximum atomic E-state index is 10.7. The van der Waals surface area contributed by atoms with Crippen LogP contribution in [0.2, 0.25) is 0 Å². The van der Waals surface area contributed by atoms with E-state index in [1.165, 1.54) is 0 Å². The monoisotopic (exact) mass is 489 g/mol. The summed E-state index contributed by atoms with van der Waals surface area (Å²) in [4.78, 5) is 10.7. The van der Waals surface area contributed by atoms with E-state index < -0.39 is 5.97 Å². The fourth-order valence-corrected chi connectivity index (χ4v) is 4.84. The Labute approximate surface area is 211 Å². The molecule has 0 unspecified atom stereocenters. The molecule has 1 aliphatic carbocycles. The first-order valence-corrected chi connectivity index (χ1v) is 12.2. The van der Waals surface area contributed by atoms with Crippen molar-refractivity contribution in [2.24, 2.45) is 11.8 Å². The zero-order valence-electron chi connectivity index (χ0n) is 20.4. The Morgan fingerprint density at radius 1 is 1.08 bits per heavy atom. The summed E-state index contributed by atoms with van der Waals surface area (Å²) in [5.41, 5.74) is 3.71. The lowest BCUT2D eigenvalue weighted by molar-refractivity contribution is -0.142. The number of hydrogen-bond acceptors (Lipinski definition) is 6. The molecule has 1 aromatic heterocycles. The third kappa shape index (κ3) is 6.23. The van der Waals surface area contributed by atoms with Crippen LogP contribution in [0.5, 0.6) is 11.6 Å². The third-order valence-electron chi connectivity index (χ3n) is 6.58. The first-order chi connectivity index (χ1) is 17.6. The minimum Gasteiger partial charge on any atom is -0.497 e. The van der Waals surface area contributed by atoms with Crippen molar-refractivity contribution in [3.63, 3.8) is 0 Å². The van der Waals surface area contributed by atoms with Crippen LogP contribution in [0, 0.1) is 23.2 Å². The summed E-state index contributed by atoms with van der Waals surface area (Å²) in [6, 6.07) is 19.9. The second-order valence-electron chi connectivity index (χ2n) is 9.05. The summed E-state index contributed by atoms with van der Waals surface area (Å²) >= 11 is 0. The quantitative estimate of drug-likeness (QED) is 0.402. The number of aliphatic carboxylic acids is 1. The van der Waals surface area contributed by atoms with Crippen LogP contribution in [0.4, 0.5) is 0 Å². The average Bonchev–Trinajstić information content (AvgIpc) is 3.26. The first kappa shape index (κ1) is 25.3. The summed E-state index contributed by atoms with van der Waals surface area (Å²) in [6.07, 6.45) is 4.01. The molecule has 8 nitrogen and oxygen atoms in total. The number of rotatable bonds is 11. The van der Waals surface area contributed by atoms with E-state index in [9.17, 15) is 4.79 Å². The van der Waals surface area contributed by atoms with Gasteiger partial charge in [0.1, 0.15) is 18.4 Å². The van der Waals surface area contributed by atoms with Gasteiger partial charge < -0.3 is 19.3 Å². The molecule has 8 heteroatoms. The Kier molecular flexibility index (Phi) is 8.58. The molecule has 1 saturated carbocycles. The summed E-state index contributed by atoms with van der Waals surface area (Å²) in [5, 5.41) is 22.8. The molecule has 0 bridgehead atoms. The summed E-state index contributed by atoms with van der Waals surface area (Å²) in [6.45, 7) is 0.873. The molecule has 0 spiro atoms. The highest BCUT2D eigenvalue weighted by Gasteiger charge is 2.27. The molecule has 0 saturated heterocycles. The lowest BCUT2D eigenvalue weighted by atomic mass is 9.82. The van der Waals surface area contributed by atoms with Gasteiger partial charge >= 0.3 is 5.97 Å². The van der Waals surface area contributed by atoms with E-state index >= 15 is 0 Å². The SMILES string of the molecule is COc1cccc(-c2c(OCC#N)nn(CC3CCC(COCC(=O)O)CC3)c2-c2ccccc2)c1. The number of nitrogens with zero attached hydrogens (tertiary/aromatic N) is 3. The zero-order valence-corrected chi connectivity index (χ0v) is 20.4. The van der Waals surface area contributed by atoms with Gasteiger partial charge in [-0.05, 0) is 55.2 Å². The second-order valence-corrected chi connectivity index (χ2v) is 9.05. The topological polar surface area (TPSA) is 107 Å². The molecule has 0 aliphatic heterocycles. The molecule has 1 fully saturated rings. The lowest BCUT2D eigenvalue weighted by Gasteiger charge is -2.28. The van der Waals surface area contributed by atoms with Crippen LogP contribution in [-0.4, -0.2) is 47.8 Å². The summed E-state index contributed by atoms with van der Waals surface area (Å²) in [7, 11) is 1.64. The van der Waals surface area contributed by atoms with Gasteiger partial charge in [-0.1, -0.05) is 42.5 Å². The Balaban J connectivity index is 1.63. The van der Waals surface area contributed by atoms with E-state index in [4.69, 9.17) is 29.7 Å². The van der Waals surface area contributed by atoms with Gasteiger partial charge in [-0.3, -0.25) is 4.68 Å². The number of aromatic nitrogens is 2. The van der Waals surface area contributed by atoms with Crippen LogP contribution in [0.25, 0.3) is 22.4 Å². The molecule has 1 aliphatic rings. The highest BCUT2D eigenvalue weighted by Crippen LogP contribution is 2.41. The van der Waals surface area contributed by atoms with Gasteiger partial charge in [-0.15, -0.1) is 5.10 Å². The van der Waals surface area contributed by atoms with Gasteiger partial charge in [0.05, 0.1) is 25.0 Å². The maximum Gasteiger partial charge on any atom is 0.329 e. The van der Waals surface area contributed by atoms with Crippen molar-refractivity contribution in [1.82, 2.24) is 9.78 Å². The Hall–Kier alpha value is -3.83. The van der Waals surface area contributed by atoms with Gasteiger partial charge in [-0.2, -0.15) is 5.26 Å². The van der Waals surface area contributed by atoms with E-state index in [0.717, 1.165) is 60.4 Å². The number of ether oxygens (including phenoxy) is 3. The number of carboxylic acids is 1. The number of hydrogen-bond donors (Lipinski definition) is 1. The Morgan fingerprint density at radius 3 is 2.50 bits per heavy atom. The van der Waals surface area contributed by atoms with Crippen molar-refractivity contribution < 1.29 is 24.1 Å². The van der Waals surface area contributed by atoms with Gasteiger partial charge in [0.25, 0.3) is 0 Å². The predicted octanol–water partition coefficient (Wildman–Crippen LogP) is 5.04. The fourth-order valence-electron chi connectivity index (χ4n) is 4.84. The Morgan fingerprint density at radius 2 is 1.81 bits per heavy atom. The fraction of sp³-hybridized carbons (Fsp3) is 0.393. The zero-order chi connectivity index (χ0) is 25.3. The molecule has 2 aromatic carbocycles. The van der Waals surface area contributed by atoms with Crippen molar-refractivity contribution in [3.05, 3.63) is 54.6 Å². The predicted molar refractivity (Wildman–Crippen MR) is 135 cm³/mol. The number of nitriles is 1. The van der Waals surface area contributed by atoms with Gasteiger partial charge in [-0.25, -0.2) is 4.79 Å². The minimum atomic E-state index is -0.933. The minimum absolute atomic E-state index is 0.0936. The van der Waals surface area contributed by atoms with Gasteiger partial charge in [0.15, 0.2) is 6.61 Å². The van der Waals surface area contributed by atoms with Crippen LogP contribution in [0.3, 0.4) is 0 Å². The standard InChI is InChI=1S/C28H31N3O5/c1-34-24-9-5-8-23(16-24)26-27(22-6-3-2-4-7-22)31(30-28(26)36-15-14-29)17-20-10-12-21(13-11-20)18-35-19-25(32)33/h2-9,16,20-21H,10-13,15,17-19H2,1H3,(H,32,33). The van der Waals surface area contributed by atoms with Crippen molar-refractivity contribution >= 4 is 5.97 Å². The lowest BCUT2D eigenvalue weighted by Crippen LogP contribution is -2.23. The molecule has 3 aromatic rings. The number of benzene rings is 2. The number of carbonyl (C=O) groups is 1. The van der Waals surface area contributed by atoms with Crippen molar-refractivity contribution in [3.8, 4) is 40.1 Å². The van der Waals surface area contributed by atoms with Gasteiger partial charge in [0.2, 0.25) is 5.88 Å². The van der Waals surface area contributed by atoms with Crippen LogP contribution in [-0.2, 0) is 16.1 Å². The molecular formula is C28H31N3O5. The molecule has 36 heavy (non-hydrogen) atoms. The van der Waals surface area contributed by atoms with Crippen LogP contribution >= 0.6 is 0 Å². The second kappa shape index (κ2) is 12.2. The maximum absolute atomic E-state index is 10.7. The molecule has 0 atom stereocenters. The van der Waals surface area contributed by atoms with Crippen LogP contribution in [0.1, 0.15) is 25.7 Å². The van der Waals surface area contributed by atoms with Crippen molar-refractivity contribution in [2.75, 3.05) is 26.9 Å². The first-order valence-electron chi connectivity index (χ1n) is 12.2. The highest BCUT2D eigenvalue weighted by atomic mass is 16.5.